The Labute approximate surface area is 195 Å². The molecule has 5 heteroatoms. The van der Waals surface area contributed by atoms with Crippen molar-refractivity contribution in [1.29, 1.82) is 0 Å². The third-order valence-electron chi connectivity index (χ3n) is 5.13. The molecule has 2 unspecified atom stereocenters. The normalized spacial score (nSPS) is 12.7. The number of hydrogen-bond donors (Lipinski definition) is 0. The number of thiophene rings is 2. The molecule has 0 aliphatic carbocycles. The second-order valence-corrected chi connectivity index (χ2v) is 10.5. The second kappa shape index (κ2) is 17.2. The number of unbranched alkanes of at least 4 members (excludes halogenated alkanes) is 2. The minimum Gasteiger partial charge on any atom is -0.492 e. The van der Waals surface area contributed by atoms with Crippen LogP contribution in [0.1, 0.15) is 79.1 Å². The van der Waals surface area contributed by atoms with E-state index in [9.17, 15) is 0 Å². The summed E-state index contributed by atoms with van der Waals surface area (Å²) in [5.41, 5.74) is 0. The molecule has 166 valence electrons. The summed E-state index contributed by atoms with van der Waals surface area (Å²) in [6, 6.07) is 4.07. The predicted octanol–water partition coefficient (Wildman–Crippen LogP) is 9.45. The summed E-state index contributed by atoms with van der Waals surface area (Å²) in [6.45, 7) is 10.7. The second-order valence-electron chi connectivity index (χ2n) is 7.47. The van der Waals surface area contributed by atoms with Crippen LogP contribution in [0.2, 0.25) is 0 Å². The minimum absolute atomic E-state index is 0.705. The van der Waals surface area contributed by atoms with Crippen molar-refractivity contribution >= 4 is 38.6 Å². The lowest BCUT2D eigenvalue weighted by molar-refractivity contribution is 0.233. The molecule has 0 saturated carbocycles. The van der Waals surface area contributed by atoms with Crippen molar-refractivity contribution in [2.45, 2.75) is 79.1 Å². The molecule has 0 aromatic carbocycles. The fraction of sp³-hybridized carbons (Fsp3) is 0.667. The van der Waals surface area contributed by atoms with Gasteiger partial charge >= 0.3 is 0 Å². The molecule has 0 bridgehead atoms. The quantitative estimate of drug-likeness (QED) is 0.256. The summed E-state index contributed by atoms with van der Waals surface area (Å²) in [5, 5.41) is 6.17. The van der Waals surface area contributed by atoms with Crippen LogP contribution in [0.3, 0.4) is 0 Å². The molecule has 0 spiro atoms. The number of halogens is 1. The third kappa shape index (κ3) is 12.0. The van der Waals surface area contributed by atoms with Gasteiger partial charge in [0.25, 0.3) is 0 Å². The van der Waals surface area contributed by atoms with E-state index in [1.54, 1.807) is 22.7 Å². The lowest BCUT2D eigenvalue weighted by atomic mass is 10.0. The van der Waals surface area contributed by atoms with Crippen LogP contribution < -0.4 is 9.47 Å². The van der Waals surface area contributed by atoms with Crippen LogP contribution in [-0.2, 0) is 0 Å². The Morgan fingerprint density at radius 2 is 1.48 bits per heavy atom. The van der Waals surface area contributed by atoms with Gasteiger partial charge in [0.2, 0.25) is 0 Å². The first kappa shape index (κ1) is 26.5. The van der Waals surface area contributed by atoms with Gasteiger partial charge in [-0.2, -0.15) is 0 Å². The molecule has 2 aromatic heterocycles. The molecule has 2 nitrogen and oxygen atoms in total. The van der Waals surface area contributed by atoms with E-state index in [0.29, 0.717) is 5.92 Å². The Hall–Kier alpha value is -0.520. The number of hydrogen-bond acceptors (Lipinski definition) is 4. The van der Waals surface area contributed by atoms with E-state index in [0.717, 1.165) is 34.4 Å². The Morgan fingerprint density at radius 3 is 1.93 bits per heavy atom. The van der Waals surface area contributed by atoms with Gasteiger partial charge in [-0.15, -0.1) is 22.7 Å². The van der Waals surface area contributed by atoms with Crippen LogP contribution in [0.5, 0.6) is 11.5 Å². The molecule has 0 fully saturated rings. The van der Waals surface area contributed by atoms with Gasteiger partial charge in [0.15, 0.2) is 0 Å². The monoisotopic (exact) mass is 502 g/mol. The van der Waals surface area contributed by atoms with Gasteiger partial charge in [-0.3, -0.25) is 0 Å². The van der Waals surface area contributed by atoms with Gasteiger partial charge in [-0.05, 0) is 63.5 Å². The Kier molecular flexibility index (Phi) is 15.7. The Balaban J connectivity index is 0.000000291. The zero-order chi connectivity index (χ0) is 21.3. The van der Waals surface area contributed by atoms with E-state index in [1.165, 1.54) is 51.4 Å². The van der Waals surface area contributed by atoms with Gasteiger partial charge < -0.3 is 9.47 Å². The summed E-state index contributed by atoms with van der Waals surface area (Å²) < 4.78 is 12.6. The SMILES string of the molecule is CCCCC(CC)COc1ccsc1.CCCCC(CC)COc1ccsc1Br. The third-order valence-corrected chi connectivity index (χ3v) is 7.42. The molecule has 29 heavy (non-hydrogen) atoms. The molecule has 0 amide bonds. The van der Waals surface area contributed by atoms with Crippen LogP contribution in [0.25, 0.3) is 0 Å². The van der Waals surface area contributed by atoms with Gasteiger partial charge in [-0.1, -0.05) is 66.2 Å². The van der Waals surface area contributed by atoms with E-state index < -0.39 is 0 Å². The molecule has 0 aliphatic heterocycles. The van der Waals surface area contributed by atoms with Gasteiger partial charge in [0.05, 0.1) is 13.2 Å². The highest BCUT2D eigenvalue weighted by Gasteiger charge is 2.09. The number of ether oxygens (including phenoxy) is 2. The molecule has 2 heterocycles. The molecule has 0 radical (unpaired) electrons. The highest BCUT2D eigenvalue weighted by atomic mass is 79.9. The molecule has 2 atom stereocenters. The molecular weight excluding hydrogens is 464 g/mol. The maximum absolute atomic E-state index is 5.79. The Morgan fingerprint density at radius 1 is 0.862 bits per heavy atom. The van der Waals surface area contributed by atoms with Gasteiger partial charge in [-0.25, -0.2) is 0 Å². The first-order valence-electron chi connectivity index (χ1n) is 11.1. The summed E-state index contributed by atoms with van der Waals surface area (Å²) in [4.78, 5) is 0. The zero-order valence-electron chi connectivity index (χ0n) is 18.6. The highest BCUT2D eigenvalue weighted by Crippen LogP contribution is 2.31. The zero-order valence-corrected chi connectivity index (χ0v) is 21.8. The standard InChI is InChI=1S/C12H19BrOS.C12H20OS/c1-3-5-6-10(4-2)9-14-11-7-8-15-12(11)13;1-3-5-6-11(4-2)9-13-12-7-8-14-10-12/h7-8,10H,3-6,9H2,1-2H3;7-8,10-11H,3-6,9H2,1-2H3. The molecule has 0 aliphatic rings. The van der Waals surface area contributed by atoms with Crippen molar-refractivity contribution in [1.82, 2.24) is 0 Å². The van der Waals surface area contributed by atoms with Gasteiger partial charge in [0.1, 0.15) is 15.3 Å². The average Bonchev–Trinajstić information content (AvgIpc) is 3.41. The van der Waals surface area contributed by atoms with E-state index >= 15 is 0 Å². The lowest BCUT2D eigenvalue weighted by Crippen LogP contribution is -2.11. The minimum atomic E-state index is 0.705. The van der Waals surface area contributed by atoms with Crippen molar-refractivity contribution in [2.75, 3.05) is 13.2 Å². The molecule has 2 rings (SSSR count). The Bertz CT molecular complexity index is 598. The van der Waals surface area contributed by atoms with Crippen LogP contribution in [0, 0.1) is 11.8 Å². The smallest absolute Gasteiger partial charge is 0.144 e. The first-order valence-corrected chi connectivity index (χ1v) is 13.8. The van der Waals surface area contributed by atoms with Crippen LogP contribution in [0.15, 0.2) is 32.1 Å². The molecule has 2 aromatic rings. The summed E-state index contributed by atoms with van der Waals surface area (Å²) in [5.74, 6) is 3.46. The van der Waals surface area contributed by atoms with E-state index in [-0.39, 0.29) is 0 Å². The molecule has 0 N–H and O–H groups in total. The molecular formula is C24H39BrO2S2. The first-order chi connectivity index (χ1) is 14.1. The highest BCUT2D eigenvalue weighted by molar-refractivity contribution is 9.11. The van der Waals surface area contributed by atoms with Crippen LogP contribution in [-0.4, -0.2) is 13.2 Å². The fourth-order valence-corrected chi connectivity index (χ4v) is 4.63. The fourth-order valence-electron chi connectivity index (χ4n) is 2.94. The van der Waals surface area contributed by atoms with Crippen molar-refractivity contribution in [3.05, 3.63) is 32.1 Å². The topological polar surface area (TPSA) is 18.5 Å². The van der Waals surface area contributed by atoms with Crippen LogP contribution >= 0.6 is 38.6 Å². The summed E-state index contributed by atoms with van der Waals surface area (Å²) >= 11 is 6.85. The average molecular weight is 504 g/mol. The van der Waals surface area contributed by atoms with Crippen molar-refractivity contribution in [2.24, 2.45) is 11.8 Å². The summed E-state index contributed by atoms with van der Waals surface area (Å²) in [7, 11) is 0. The number of rotatable bonds is 14. The van der Waals surface area contributed by atoms with Gasteiger partial charge in [0, 0.05) is 5.38 Å². The van der Waals surface area contributed by atoms with Crippen molar-refractivity contribution < 1.29 is 9.47 Å². The van der Waals surface area contributed by atoms with E-state index in [1.807, 2.05) is 17.5 Å². The maximum Gasteiger partial charge on any atom is 0.144 e. The lowest BCUT2D eigenvalue weighted by Gasteiger charge is -2.14. The van der Waals surface area contributed by atoms with E-state index in [2.05, 4.69) is 54.4 Å². The maximum atomic E-state index is 5.79. The summed E-state index contributed by atoms with van der Waals surface area (Å²) in [6.07, 6.45) is 10.2. The van der Waals surface area contributed by atoms with Crippen LogP contribution in [0.4, 0.5) is 0 Å². The van der Waals surface area contributed by atoms with Crippen molar-refractivity contribution in [3.63, 3.8) is 0 Å². The van der Waals surface area contributed by atoms with E-state index in [4.69, 9.17) is 9.47 Å². The largest absolute Gasteiger partial charge is 0.492 e. The molecule has 0 saturated heterocycles. The predicted molar refractivity (Wildman–Crippen MR) is 134 cm³/mol. The van der Waals surface area contributed by atoms with Crippen molar-refractivity contribution in [3.8, 4) is 11.5 Å².